The number of nitrogens with two attached hydrogens (primary N) is 1. The number of aliphatic hydroxyl groups is 1. The molecule has 1 saturated heterocycles. The Bertz CT molecular complexity index is 1060. The Hall–Kier alpha value is -2.67. The lowest BCUT2D eigenvalue weighted by Gasteiger charge is -2.35. The summed E-state index contributed by atoms with van der Waals surface area (Å²) in [6.45, 7) is 13.7. The predicted octanol–water partition coefficient (Wildman–Crippen LogP) is 2.16. The average molecular weight is 640 g/mol. The fraction of sp³-hybridized carbons (Fsp3) is 0.806. The zero-order valence-corrected chi connectivity index (χ0v) is 28.2. The van der Waals surface area contributed by atoms with Gasteiger partial charge in [-0.15, -0.1) is 11.8 Å². The molecule has 4 amide bonds. The van der Waals surface area contributed by atoms with Gasteiger partial charge >= 0.3 is 5.97 Å². The van der Waals surface area contributed by atoms with Crippen LogP contribution >= 0.6 is 11.8 Å². The molecule has 0 bridgehead atoms. The summed E-state index contributed by atoms with van der Waals surface area (Å²) in [6, 6.07) is -1.40. The van der Waals surface area contributed by atoms with Crippen LogP contribution in [0.1, 0.15) is 93.4 Å². The molecule has 0 aliphatic carbocycles. The Labute approximate surface area is 266 Å². The van der Waals surface area contributed by atoms with E-state index in [0.29, 0.717) is 44.4 Å². The molecule has 0 spiro atoms. The molecule has 0 aromatic rings. The molecule has 2 rings (SSSR count). The molecule has 0 saturated carbocycles. The summed E-state index contributed by atoms with van der Waals surface area (Å²) >= 11 is 1.59. The van der Waals surface area contributed by atoms with Gasteiger partial charge in [0.25, 0.3) is 0 Å². The summed E-state index contributed by atoms with van der Waals surface area (Å²) in [6.07, 6.45) is 2.59. The van der Waals surface area contributed by atoms with E-state index in [9.17, 15) is 29.1 Å². The molecule has 5 N–H and O–H groups in total. The molecule has 0 aromatic carbocycles. The van der Waals surface area contributed by atoms with Gasteiger partial charge in [0.1, 0.15) is 18.2 Å². The van der Waals surface area contributed by atoms with E-state index in [1.807, 2.05) is 34.6 Å². The van der Waals surface area contributed by atoms with Crippen LogP contribution in [0.5, 0.6) is 0 Å². The number of amides is 4. The molecule has 2 heterocycles. The molecular formula is C31H53N5O7S. The van der Waals surface area contributed by atoms with Crippen LogP contribution in [0.25, 0.3) is 0 Å². The number of hydrogen-bond acceptors (Lipinski definition) is 9. The number of esters is 1. The number of rotatable bonds is 16. The largest absolute Gasteiger partial charge is 0.460 e. The summed E-state index contributed by atoms with van der Waals surface area (Å²) in [5.41, 5.74) is 4.81. The number of hydrogen-bond donors (Lipinski definition) is 4. The van der Waals surface area contributed by atoms with Gasteiger partial charge in [-0.25, -0.2) is 4.79 Å². The van der Waals surface area contributed by atoms with Gasteiger partial charge in [-0.05, 0) is 50.4 Å². The molecule has 250 valence electrons. The van der Waals surface area contributed by atoms with Crippen molar-refractivity contribution in [3.05, 3.63) is 0 Å². The van der Waals surface area contributed by atoms with Gasteiger partial charge < -0.3 is 31.1 Å². The van der Waals surface area contributed by atoms with Crippen molar-refractivity contribution in [1.29, 1.82) is 0 Å². The second-order valence-electron chi connectivity index (χ2n) is 13.3. The molecular weight excluding hydrogens is 586 g/mol. The Kier molecular flexibility index (Phi) is 14.6. The minimum absolute atomic E-state index is 0.0297. The Morgan fingerprint density at radius 1 is 1.14 bits per heavy atom. The summed E-state index contributed by atoms with van der Waals surface area (Å²) in [5, 5.41) is 16.9. The second kappa shape index (κ2) is 17.1. The molecule has 13 heteroatoms. The van der Waals surface area contributed by atoms with Gasteiger partial charge in [0, 0.05) is 31.1 Å². The van der Waals surface area contributed by atoms with Crippen LogP contribution in [-0.4, -0.2) is 93.8 Å². The number of primary amides is 1. The summed E-state index contributed by atoms with van der Waals surface area (Å²) < 4.78 is 6.04. The lowest BCUT2D eigenvalue weighted by Crippen LogP contribution is -2.46. The van der Waals surface area contributed by atoms with Crippen LogP contribution in [0.15, 0.2) is 4.99 Å². The standard InChI is InChI=1S/C31H53N5O7S/c1-8-27(40)36-13-9-10-22(36)30(42)43-24(31(5,6)7)15-18(2)14-23(37)19(3)29-35-21(17-44-29)11-12-25(38)33-16-26(39)34-20(4)28(32)41/h18-24,37H,8-17H2,1-7H3,(H2,32,41)(H,33,38)(H,34,39)/t18-,19?,20-,21+,22-,23?,24?/m0/s1. The highest BCUT2D eigenvalue weighted by Crippen LogP contribution is 2.33. The molecule has 0 aromatic heterocycles. The number of carbonyl (C=O) groups is 5. The third kappa shape index (κ3) is 11.7. The summed E-state index contributed by atoms with van der Waals surface area (Å²) in [7, 11) is 0. The molecule has 12 nitrogen and oxygen atoms in total. The Morgan fingerprint density at radius 3 is 2.43 bits per heavy atom. The molecule has 2 aliphatic heterocycles. The van der Waals surface area contributed by atoms with E-state index in [2.05, 4.69) is 10.6 Å². The van der Waals surface area contributed by atoms with Crippen molar-refractivity contribution in [2.24, 2.45) is 28.0 Å². The summed E-state index contributed by atoms with van der Waals surface area (Å²) in [4.78, 5) is 66.9. The molecule has 44 heavy (non-hydrogen) atoms. The molecule has 1 fully saturated rings. The quantitative estimate of drug-likeness (QED) is 0.185. The van der Waals surface area contributed by atoms with E-state index in [-0.39, 0.29) is 60.1 Å². The van der Waals surface area contributed by atoms with Gasteiger partial charge in [0.05, 0.1) is 23.7 Å². The summed E-state index contributed by atoms with van der Waals surface area (Å²) in [5.74, 6) is -1.20. The average Bonchev–Trinajstić information content (AvgIpc) is 3.63. The third-order valence-electron chi connectivity index (χ3n) is 8.29. The van der Waals surface area contributed by atoms with Crippen molar-refractivity contribution in [3.8, 4) is 0 Å². The number of nitrogens with zero attached hydrogens (tertiary/aromatic N) is 2. The van der Waals surface area contributed by atoms with Crippen LogP contribution in [0.3, 0.4) is 0 Å². The lowest BCUT2D eigenvalue weighted by atomic mass is 9.81. The molecule has 2 aliphatic rings. The predicted molar refractivity (Wildman–Crippen MR) is 171 cm³/mol. The second-order valence-corrected chi connectivity index (χ2v) is 14.3. The van der Waals surface area contributed by atoms with Gasteiger partial charge in [0.15, 0.2) is 0 Å². The monoisotopic (exact) mass is 639 g/mol. The van der Waals surface area contributed by atoms with E-state index >= 15 is 0 Å². The smallest absolute Gasteiger partial charge is 0.329 e. The van der Waals surface area contributed by atoms with Gasteiger partial charge in [-0.1, -0.05) is 41.5 Å². The van der Waals surface area contributed by atoms with Crippen molar-refractivity contribution in [1.82, 2.24) is 15.5 Å². The Morgan fingerprint density at radius 2 is 1.82 bits per heavy atom. The zero-order valence-electron chi connectivity index (χ0n) is 27.4. The first-order chi connectivity index (χ1) is 20.5. The first-order valence-corrected chi connectivity index (χ1v) is 16.8. The topological polar surface area (TPSA) is 180 Å². The van der Waals surface area contributed by atoms with Crippen LogP contribution < -0.4 is 16.4 Å². The van der Waals surface area contributed by atoms with Crippen molar-refractivity contribution in [2.75, 3.05) is 18.8 Å². The maximum Gasteiger partial charge on any atom is 0.329 e. The minimum Gasteiger partial charge on any atom is -0.460 e. The van der Waals surface area contributed by atoms with Gasteiger partial charge in [-0.2, -0.15) is 0 Å². The first kappa shape index (κ1) is 37.5. The number of carbonyl (C=O) groups excluding carboxylic acids is 5. The highest BCUT2D eigenvalue weighted by molar-refractivity contribution is 8.14. The van der Waals surface area contributed by atoms with E-state index < -0.39 is 30.0 Å². The first-order valence-electron chi connectivity index (χ1n) is 15.8. The SMILES string of the molecule is CCC(=O)N1CCC[C@H]1C(=O)OC(C[C@@H](C)CC(O)C(C)C1=N[C@H](CCC(=O)NCC(=O)N[C@@H](C)C(N)=O)CS1)C(C)(C)C. The molecule has 0 radical (unpaired) electrons. The van der Waals surface area contributed by atoms with Crippen molar-refractivity contribution >= 4 is 46.4 Å². The van der Waals surface area contributed by atoms with Crippen LogP contribution in [0, 0.1) is 17.3 Å². The minimum atomic E-state index is -0.813. The maximum absolute atomic E-state index is 13.1. The lowest BCUT2D eigenvalue weighted by molar-refractivity contribution is -0.164. The number of thioether (sulfide) groups is 1. The van der Waals surface area contributed by atoms with Gasteiger partial charge in [-0.3, -0.25) is 24.2 Å². The van der Waals surface area contributed by atoms with Crippen molar-refractivity contribution in [2.45, 2.75) is 124 Å². The fourth-order valence-corrected chi connectivity index (χ4v) is 6.56. The number of aliphatic hydroxyl groups excluding tert-OH is 1. The molecule has 7 atom stereocenters. The van der Waals surface area contributed by atoms with Crippen LogP contribution in [0.4, 0.5) is 0 Å². The number of likely N-dealkylation sites (tertiary alicyclic amines) is 1. The van der Waals surface area contributed by atoms with E-state index in [0.717, 1.165) is 11.5 Å². The van der Waals surface area contributed by atoms with E-state index in [1.54, 1.807) is 23.6 Å². The van der Waals surface area contributed by atoms with Crippen LogP contribution in [-0.2, 0) is 28.7 Å². The Balaban J connectivity index is 1.84. The highest BCUT2D eigenvalue weighted by atomic mass is 32.2. The van der Waals surface area contributed by atoms with Gasteiger partial charge in [0.2, 0.25) is 23.6 Å². The number of nitrogens with one attached hydrogen (secondary N) is 2. The fourth-order valence-electron chi connectivity index (χ4n) is 5.31. The highest BCUT2D eigenvalue weighted by Gasteiger charge is 2.38. The van der Waals surface area contributed by atoms with E-state index in [1.165, 1.54) is 6.92 Å². The molecule has 3 unspecified atom stereocenters. The third-order valence-corrected chi connectivity index (χ3v) is 9.61. The number of ether oxygens (including phenoxy) is 1. The van der Waals surface area contributed by atoms with E-state index in [4.69, 9.17) is 15.5 Å². The zero-order chi connectivity index (χ0) is 33.2. The van der Waals surface area contributed by atoms with Crippen LogP contribution in [0.2, 0.25) is 0 Å². The normalized spacial score (nSPS) is 21.9. The van der Waals surface area contributed by atoms with Crippen molar-refractivity contribution < 1.29 is 33.8 Å². The maximum atomic E-state index is 13.1. The van der Waals surface area contributed by atoms with Crippen molar-refractivity contribution in [3.63, 3.8) is 0 Å². The number of aliphatic imine (C=N–C) groups is 1.